The van der Waals surface area contributed by atoms with Crippen molar-refractivity contribution in [3.63, 3.8) is 0 Å². The summed E-state index contributed by atoms with van der Waals surface area (Å²) in [7, 11) is 0. The van der Waals surface area contributed by atoms with E-state index in [9.17, 15) is 0 Å². The first-order chi connectivity index (χ1) is 10.9. The maximum Gasteiger partial charge on any atom is 0.292 e. The third-order valence-electron chi connectivity index (χ3n) is 4.18. The van der Waals surface area contributed by atoms with E-state index in [1.807, 2.05) is 12.1 Å². The standard InChI is InChI=1S/C17H23N3O2S/c1-17(2,3)14-6-4-13(5-7-14)15-18-20(16(23)22-15)12-19-8-10-21-11-9-19/h4-7H,8-12H2,1-3H3/p+1. The normalized spacial score (nSPS) is 16.7. The Kier molecular flexibility index (Phi) is 4.66. The molecule has 1 saturated heterocycles. The van der Waals surface area contributed by atoms with Gasteiger partial charge in [0.15, 0.2) is 6.67 Å². The van der Waals surface area contributed by atoms with Gasteiger partial charge < -0.3 is 14.1 Å². The molecule has 0 aliphatic carbocycles. The molecule has 0 spiro atoms. The van der Waals surface area contributed by atoms with Crippen LogP contribution in [0.1, 0.15) is 26.3 Å². The number of rotatable bonds is 3. The summed E-state index contributed by atoms with van der Waals surface area (Å²) in [6.07, 6.45) is 0. The van der Waals surface area contributed by atoms with Gasteiger partial charge in [0, 0.05) is 5.56 Å². The van der Waals surface area contributed by atoms with E-state index >= 15 is 0 Å². The highest BCUT2D eigenvalue weighted by Gasteiger charge is 2.18. The zero-order valence-corrected chi connectivity index (χ0v) is 14.8. The molecule has 124 valence electrons. The number of hydrogen-bond donors (Lipinski definition) is 1. The van der Waals surface area contributed by atoms with Gasteiger partial charge in [0.05, 0.1) is 13.2 Å². The van der Waals surface area contributed by atoms with Crippen LogP contribution in [0.4, 0.5) is 0 Å². The number of hydrogen-bond acceptors (Lipinski definition) is 4. The van der Waals surface area contributed by atoms with E-state index in [2.05, 4.69) is 38.0 Å². The van der Waals surface area contributed by atoms with Crippen LogP contribution in [0.3, 0.4) is 0 Å². The summed E-state index contributed by atoms with van der Waals surface area (Å²) in [5.41, 5.74) is 2.38. The Hall–Kier alpha value is -1.50. The molecule has 5 nitrogen and oxygen atoms in total. The summed E-state index contributed by atoms with van der Waals surface area (Å²) in [5, 5.41) is 4.55. The van der Waals surface area contributed by atoms with Gasteiger partial charge in [0.1, 0.15) is 13.1 Å². The van der Waals surface area contributed by atoms with E-state index in [4.69, 9.17) is 21.4 Å². The van der Waals surface area contributed by atoms with E-state index in [0.717, 1.165) is 38.5 Å². The van der Waals surface area contributed by atoms with E-state index in [0.29, 0.717) is 10.7 Å². The minimum absolute atomic E-state index is 0.137. The number of ether oxygens (including phenoxy) is 1. The third-order valence-corrected chi connectivity index (χ3v) is 4.47. The summed E-state index contributed by atoms with van der Waals surface area (Å²) in [6.45, 7) is 10.9. The van der Waals surface area contributed by atoms with E-state index in [1.165, 1.54) is 10.5 Å². The van der Waals surface area contributed by atoms with Crippen LogP contribution in [0.2, 0.25) is 0 Å². The van der Waals surface area contributed by atoms with Gasteiger partial charge in [-0.1, -0.05) is 32.9 Å². The monoisotopic (exact) mass is 334 g/mol. The lowest BCUT2D eigenvalue weighted by molar-refractivity contribution is -0.931. The van der Waals surface area contributed by atoms with Crippen LogP contribution in [0.5, 0.6) is 0 Å². The minimum Gasteiger partial charge on any atom is -0.409 e. The largest absolute Gasteiger partial charge is 0.409 e. The predicted molar refractivity (Wildman–Crippen MR) is 91.0 cm³/mol. The first-order valence-corrected chi connectivity index (χ1v) is 8.44. The summed E-state index contributed by atoms with van der Waals surface area (Å²) in [6, 6.07) is 8.35. The van der Waals surface area contributed by atoms with Crippen molar-refractivity contribution in [1.82, 2.24) is 9.78 Å². The number of nitrogens with one attached hydrogen (secondary N) is 1. The zero-order valence-electron chi connectivity index (χ0n) is 14.0. The van der Waals surface area contributed by atoms with Crippen molar-refractivity contribution < 1.29 is 14.1 Å². The molecule has 1 aromatic heterocycles. The molecule has 1 fully saturated rings. The highest BCUT2D eigenvalue weighted by molar-refractivity contribution is 7.71. The highest BCUT2D eigenvalue weighted by atomic mass is 32.1. The van der Waals surface area contributed by atoms with Crippen molar-refractivity contribution in [1.29, 1.82) is 0 Å². The van der Waals surface area contributed by atoms with Gasteiger partial charge in [-0.3, -0.25) is 0 Å². The fraction of sp³-hybridized carbons (Fsp3) is 0.529. The quantitative estimate of drug-likeness (QED) is 0.873. The van der Waals surface area contributed by atoms with Gasteiger partial charge in [0.25, 0.3) is 4.84 Å². The Labute approximate surface area is 141 Å². The molecule has 0 saturated carbocycles. The van der Waals surface area contributed by atoms with Crippen molar-refractivity contribution in [2.45, 2.75) is 32.9 Å². The van der Waals surface area contributed by atoms with Crippen LogP contribution in [0.15, 0.2) is 28.7 Å². The molecule has 6 heteroatoms. The maximum absolute atomic E-state index is 5.69. The lowest BCUT2D eigenvalue weighted by Gasteiger charge is -2.22. The first kappa shape index (κ1) is 16.4. The van der Waals surface area contributed by atoms with E-state index < -0.39 is 0 Å². The van der Waals surface area contributed by atoms with Gasteiger partial charge in [0.2, 0.25) is 5.89 Å². The zero-order chi connectivity index (χ0) is 16.4. The van der Waals surface area contributed by atoms with Gasteiger partial charge in [-0.2, -0.15) is 4.68 Å². The Morgan fingerprint density at radius 1 is 1.17 bits per heavy atom. The summed E-state index contributed by atoms with van der Waals surface area (Å²) in [4.78, 5) is 1.84. The molecule has 1 aromatic carbocycles. The summed E-state index contributed by atoms with van der Waals surface area (Å²) >= 11 is 5.32. The van der Waals surface area contributed by atoms with Gasteiger partial charge >= 0.3 is 0 Å². The van der Waals surface area contributed by atoms with Crippen molar-refractivity contribution in [2.24, 2.45) is 0 Å². The molecular weight excluding hydrogens is 310 g/mol. The van der Waals surface area contributed by atoms with Crippen molar-refractivity contribution >= 4 is 12.2 Å². The Morgan fingerprint density at radius 3 is 2.43 bits per heavy atom. The number of benzene rings is 1. The van der Waals surface area contributed by atoms with E-state index in [-0.39, 0.29) is 5.41 Å². The summed E-state index contributed by atoms with van der Waals surface area (Å²) < 4.78 is 12.9. The molecule has 1 aliphatic rings. The lowest BCUT2D eigenvalue weighted by atomic mass is 9.87. The van der Waals surface area contributed by atoms with Gasteiger partial charge in [-0.25, -0.2) is 0 Å². The van der Waals surface area contributed by atoms with Crippen LogP contribution >= 0.6 is 12.2 Å². The maximum atomic E-state index is 5.69. The average Bonchev–Trinajstić information content (AvgIpc) is 2.89. The fourth-order valence-corrected chi connectivity index (χ4v) is 2.85. The molecular formula is C17H24N3O2S+. The van der Waals surface area contributed by atoms with Crippen LogP contribution in [-0.2, 0) is 16.8 Å². The molecule has 0 atom stereocenters. The minimum atomic E-state index is 0.137. The Morgan fingerprint density at radius 2 is 1.83 bits per heavy atom. The Balaban J connectivity index is 1.78. The van der Waals surface area contributed by atoms with Crippen molar-refractivity contribution in [2.75, 3.05) is 26.3 Å². The molecule has 3 rings (SSSR count). The van der Waals surface area contributed by atoms with Crippen molar-refractivity contribution in [3.8, 4) is 11.5 Å². The van der Waals surface area contributed by atoms with E-state index in [1.54, 1.807) is 4.68 Å². The molecule has 1 aliphatic heterocycles. The number of aromatic nitrogens is 2. The first-order valence-electron chi connectivity index (χ1n) is 8.04. The topological polar surface area (TPSA) is 44.6 Å². The lowest BCUT2D eigenvalue weighted by Crippen LogP contribution is -3.13. The summed E-state index contributed by atoms with van der Waals surface area (Å²) in [5.74, 6) is 0.586. The Bertz CT molecular complexity index is 707. The average molecular weight is 334 g/mol. The molecule has 0 amide bonds. The predicted octanol–water partition coefficient (Wildman–Crippen LogP) is 2.04. The molecule has 0 bridgehead atoms. The second-order valence-electron chi connectivity index (χ2n) is 7.02. The smallest absolute Gasteiger partial charge is 0.292 e. The molecule has 1 N–H and O–H groups in total. The fourth-order valence-electron chi connectivity index (χ4n) is 2.67. The van der Waals surface area contributed by atoms with Gasteiger partial charge in [-0.05, 0) is 35.3 Å². The second-order valence-corrected chi connectivity index (χ2v) is 7.37. The number of quaternary nitrogens is 1. The van der Waals surface area contributed by atoms with Crippen molar-refractivity contribution in [3.05, 3.63) is 34.7 Å². The van der Waals surface area contributed by atoms with Crippen LogP contribution in [0, 0.1) is 4.84 Å². The molecule has 2 heterocycles. The van der Waals surface area contributed by atoms with Crippen LogP contribution in [0.25, 0.3) is 11.5 Å². The molecule has 0 unspecified atom stereocenters. The number of morpholine rings is 1. The second kappa shape index (κ2) is 6.55. The SMILES string of the molecule is CC(C)(C)c1ccc(-c2nn(C[NH+]3CCOCC3)c(=S)o2)cc1. The van der Waals surface area contributed by atoms with Crippen LogP contribution in [-0.4, -0.2) is 36.1 Å². The molecule has 2 aromatic rings. The number of nitrogens with zero attached hydrogens (tertiary/aromatic N) is 2. The molecule has 0 radical (unpaired) electrons. The third kappa shape index (κ3) is 3.88. The van der Waals surface area contributed by atoms with Crippen LogP contribution < -0.4 is 4.90 Å². The molecule has 23 heavy (non-hydrogen) atoms. The van der Waals surface area contributed by atoms with Gasteiger partial charge in [-0.15, -0.1) is 5.10 Å². The highest BCUT2D eigenvalue weighted by Crippen LogP contribution is 2.25.